The van der Waals surface area contributed by atoms with Gasteiger partial charge in [-0.1, -0.05) is 18.2 Å². The van der Waals surface area contributed by atoms with Crippen LogP contribution in [0.15, 0.2) is 48.2 Å². The molecule has 132 valence electrons. The maximum Gasteiger partial charge on any atom is 0.422 e. The number of halogens is 3. The molecule has 4 nitrogen and oxygen atoms in total. The monoisotopic (exact) mass is 350 g/mol. The summed E-state index contributed by atoms with van der Waals surface area (Å²) in [4.78, 5) is 3.78. The van der Waals surface area contributed by atoms with Gasteiger partial charge in [0, 0.05) is 30.9 Å². The van der Waals surface area contributed by atoms with E-state index in [0.717, 1.165) is 22.4 Å². The summed E-state index contributed by atoms with van der Waals surface area (Å²) < 4.78 is 46.8. The number of rotatable bonds is 6. The third-order valence-electron chi connectivity index (χ3n) is 3.56. The van der Waals surface area contributed by atoms with Gasteiger partial charge < -0.3 is 14.8 Å². The van der Waals surface area contributed by atoms with Gasteiger partial charge in [-0.2, -0.15) is 13.2 Å². The lowest BCUT2D eigenvalue weighted by atomic mass is 10.1. The van der Waals surface area contributed by atoms with Gasteiger partial charge in [0.2, 0.25) is 5.88 Å². The molecule has 0 aliphatic carbocycles. The van der Waals surface area contributed by atoms with E-state index in [1.54, 1.807) is 6.07 Å². The van der Waals surface area contributed by atoms with Crippen LogP contribution in [0.25, 0.3) is 6.08 Å². The number of hydrogen-bond acceptors (Lipinski definition) is 4. The van der Waals surface area contributed by atoms with Crippen LogP contribution < -0.4 is 14.8 Å². The molecule has 1 aromatic carbocycles. The first-order chi connectivity index (χ1) is 12.0. The van der Waals surface area contributed by atoms with Crippen molar-refractivity contribution in [2.45, 2.75) is 12.7 Å². The zero-order valence-corrected chi connectivity index (χ0v) is 13.3. The minimum absolute atomic E-state index is 0.0363. The normalized spacial score (nSPS) is 13.6. The van der Waals surface area contributed by atoms with Crippen molar-refractivity contribution >= 4 is 6.08 Å². The molecule has 2 aromatic rings. The molecule has 0 saturated heterocycles. The highest BCUT2D eigenvalue weighted by atomic mass is 19.4. The zero-order valence-electron chi connectivity index (χ0n) is 13.3. The molecule has 0 bridgehead atoms. The number of alkyl halides is 3. The molecule has 0 fully saturated rings. The highest BCUT2D eigenvalue weighted by Gasteiger charge is 2.28. The Morgan fingerprint density at radius 2 is 2.00 bits per heavy atom. The Hall–Kier alpha value is -2.54. The molecule has 7 heteroatoms. The number of para-hydroxylation sites is 1. The molecular formula is C18H17F3N2O2. The molecular weight excluding hydrogens is 333 g/mol. The second-order valence-corrected chi connectivity index (χ2v) is 5.64. The Labute approximate surface area is 143 Å². The number of benzene rings is 1. The van der Waals surface area contributed by atoms with Crippen LogP contribution in [-0.2, 0) is 6.54 Å². The van der Waals surface area contributed by atoms with E-state index in [1.807, 2.05) is 24.3 Å². The Morgan fingerprint density at radius 3 is 2.84 bits per heavy atom. The summed E-state index contributed by atoms with van der Waals surface area (Å²) in [5.41, 5.74) is 2.93. The van der Waals surface area contributed by atoms with Crippen molar-refractivity contribution in [1.29, 1.82) is 0 Å². The van der Waals surface area contributed by atoms with E-state index in [-0.39, 0.29) is 5.88 Å². The van der Waals surface area contributed by atoms with Crippen LogP contribution in [0.1, 0.15) is 11.1 Å². The van der Waals surface area contributed by atoms with Gasteiger partial charge in [-0.15, -0.1) is 0 Å². The average Bonchev–Trinajstić information content (AvgIpc) is 2.60. The predicted molar refractivity (Wildman–Crippen MR) is 87.4 cm³/mol. The van der Waals surface area contributed by atoms with E-state index in [4.69, 9.17) is 4.74 Å². The van der Waals surface area contributed by atoms with Crippen molar-refractivity contribution in [1.82, 2.24) is 10.3 Å². The van der Waals surface area contributed by atoms with Crippen LogP contribution in [-0.4, -0.2) is 30.9 Å². The van der Waals surface area contributed by atoms with Crippen LogP contribution in [0.5, 0.6) is 11.6 Å². The molecule has 25 heavy (non-hydrogen) atoms. The first-order valence-electron chi connectivity index (χ1n) is 7.76. The quantitative estimate of drug-likeness (QED) is 0.865. The molecule has 2 heterocycles. The van der Waals surface area contributed by atoms with Crippen LogP contribution in [0.3, 0.4) is 0 Å². The average molecular weight is 350 g/mol. The second kappa shape index (κ2) is 7.57. The lowest BCUT2D eigenvalue weighted by Gasteiger charge is -2.18. The molecule has 0 saturated carbocycles. The maximum absolute atomic E-state index is 12.2. The molecule has 0 unspecified atom stereocenters. The van der Waals surface area contributed by atoms with Gasteiger partial charge in [0.05, 0.1) is 0 Å². The van der Waals surface area contributed by atoms with Crippen LogP contribution in [0.4, 0.5) is 13.2 Å². The highest BCUT2D eigenvalue weighted by molar-refractivity contribution is 5.62. The minimum Gasteiger partial charge on any atom is -0.489 e. The van der Waals surface area contributed by atoms with Crippen LogP contribution in [0.2, 0.25) is 0 Å². The molecule has 1 aromatic heterocycles. The molecule has 0 spiro atoms. The standard InChI is InChI=1S/C18H17F3N2O2/c19-18(20,21)12-25-17-8-13(5-6-23-17)9-22-10-14-7-15-3-1-2-4-16(15)24-11-14/h1-8,22H,9-12H2. The number of pyridine rings is 1. The number of fused-ring (bicyclic) bond motifs is 1. The first kappa shape index (κ1) is 17.3. The lowest BCUT2D eigenvalue weighted by Crippen LogP contribution is -2.22. The van der Waals surface area contributed by atoms with Crippen molar-refractivity contribution in [3.8, 4) is 11.6 Å². The fraction of sp³-hybridized carbons (Fsp3) is 0.278. The fourth-order valence-corrected chi connectivity index (χ4v) is 2.43. The van der Waals surface area contributed by atoms with E-state index in [9.17, 15) is 13.2 Å². The number of nitrogens with one attached hydrogen (secondary N) is 1. The number of hydrogen-bond donors (Lipinski definition) is 1. The van der Waals surface area contributed by atoms with Gasteiger partial charge in [-0.3, -0.25) is 0 Å². The van der Waals surface area contributed by atoms with Crippen molar-refractivity contribution < 1.29 is 22.6 Å². The molecule has 0 amide bonds. The number of ether oxygens (including phenoxy) is 2. The van der Waals surface area contributed by atoms with Gasteiger partial charge in [-0.25, -0.2) is 4.98 Å². The van der Waals surface area contributed by atoms with E-state index >= 15 is 0 Å². The summed E-state index contributed by atoms with van der Waals surface area (Å²) in [6, 6.07) is 11.0. The summed E-state index contributed by atoms with van der Waals surface area (Å²) in [7, 11) is 0. The van der Waals surface area contributed by atoms with E-state index in [0.29, 0.717) is 19.7 Å². The maximum atomic E-state index is 12.2. The van der Waals surface area contributed by atoms with Gasteiger partial charge in [-0.05, 0) is 29.3 Å². The third kappa shape index (κ3) is 5.22. The van der Waals surface area contributed by atoms with Gasteiger partial charge in [0.15, 0.2) is 6.61 Å². The van der Waals surface area contributed by atoms with Gasteiger partial charge >= 0.3 is 6.18 Å². The number of aromatic nitrogens is 1. The molecule has 1 aliphatic heterocycles. The Morgan fingerprint density at radius 1 is 1.16 bits per heavy atom. The van der Waals surface area contributed by atoms with Crippen LogP contribution in [0, 0.1) is 0 Å². The minimum atomic E-state index is -4.38. The highest BCUT2D eigenvalue weighted by Crippen LogP contribution is 2.25. The van der Waals surface area contributed by atoms with E-state index in [1.165, 1.54) is 12.3 Å². The summed E-state index contributed by atoms with van der Waals surface area (Å²) in [5.74, 6) is 0.831. The summed E-state index contributed by atoms with van der Waals surface area (Å²) in [6.07, 6.45) is -0.863. The fourth-order valence-electron chi connectivity index (χ4n) is 2.43. The topological polar surface area (TPSA) is 43.4 Å². The van der Waals surface area contributed by atoms with Crippen LogP contribution >= 0.6 is 0 Å². The zero-order chi connectivity index (χ0) is 17.7. The largest absolute Gasteiger partial charge is 0.489 e. The molecule has 3 rings (SSSR count). The van der Waals surface area contributed by atoms with Gasteiger partial charge in [0.1, 0.15) is 12.4 Å². The van der Waals surface area contributed by atoms with Gasteiger partial charge in [0.25, 0.3) is 0 Å². The molecule has 1 aliphatic rings. The van der Waals surface area contributed by atoms with E-state index < -0.39 is 12.8 Å². The third-order valence-corrected chi connectivity index (χ3v) is 3.56. The van der Waals surface area contributed by atoms with Crippen molar-refractivity contribution in [2.75, 3.05) is 19.8 Å². The second-order valence-electron chi connectivity index (χ2n) is 5.64. The van der Waals surface area contributed by atoms with E-state index in [2.05, 4.69) is 21.1 Å². The lowest BCUT2D eigenvalue weighted by molar-refractivity contribution is -0.154. The summed E-state index contributed by atoms with van der Waals surface area (Å²) >= 11 is 0. The first-order valence-corrected chi connectivity index (χ1v) is 7.76. The Balaban J connectivity index is 1.52. The van der Waals surface area contributed by atoms with Crippen molar-refractivity contribution in [3.63, 3.8) is 0 Å². The smallest absolute Gasteiger partial charge is 0.422 e. The predicted octanol–water partition coefficient (Wildman–Crippen LogP) is 3.59. The Kier molecular flexibility index (Phi) is 5.23. The van der Waals surface area contributed by atoms with Crippen molar-refractivity contribution in [3.05, 3.63) is 59.3 Å². The summed E-state index contributed by atoms with van der Waals surface area (Å²) in [6.45, 7) is 0.278. The SMILES string of the molecule is FC(F)(F)COc1cc(CNCC2=Cc3ccccc3OC2)ccn1. The van der Waals surface area contributed by atoms with Crippen molar-refractivity contribution in [2.24, 2.45) is 0 Å². The molecule has 0 atom stereocenters. The molecule has 0 radical (unpaired) electrons. The number of nitrogens with zero attached hydrogens (tertiary/aromatic N) is 1. The summed E-state index contributed by atoms with van der Waals surface area (Å²) in [5, 5.41) is 3.25. The Bertz CT molecular complexity index is 760. The molecule has 1 N–H and O–H groups in total.